The number of carbonyl (C=O) groups is 2. The minimum atomic E-state index is -0.865. The average molecular weight is 428 g/mol. The molecule has 1 aliphatic carbocycles. The number of carboxylic acid groups (broad SMARTS) is 1. The summed E-state index contributed by atoms with van der Waals surface area (Å²) in [5.74, 6) is 0.154. The lowest BCUT2D eigenvalue weighted by Crippen LogP contribution is -2.47. The van der Waals surface area contributed by atoms with Gasteiger partial charge >= 0.3 is 6.09 Å². The fraction of sp³-hybridized carbons (Fsp3) is 0.583. The largest absolute Gasteiger partial charge is 0.465 e. The van der Waals surface area contributed by atoms with E-state index in [1.54, 1.807) is 0 Å². The van der Waals surface area contributed by atoms with Crippen molar-refractivity contribution in [2.24, 2.45) is 5.92 Å². The van der Waals surface area contributed by atoms with Crippen LogP contribution in [0.25, 0.3) is 5.57 Å². The van der Waals surface area contributed by atoms with Gasteiger partial charge in [-0.2, -0.15) is 0 Å². The number of hydrogen-bond acceptors (Lipinski definition) is 4. The van der Waals surface area contributed by atoms with Gasteiger partial charge in [-0.1, -0.05) is 18.2 Å². The molecule has 7 heteroatoms. The van der Waals surface area contributed by atoms with E-state index in [0.29, 0.717) is 13.1 Å². The fourth-order valence-corrected chi connectivity index (χ4v) is 4.96. The summed E-state index contributed by atoms with van der Waals surface area (Å²) in [4.78, 5) is 27.6. The van der Waals surface area contributed by atoms with Crippen LogP contribution >= 0.6 is 0 Å². The van der Waals surface area contributed by atoms with Gasteiger partial charge in [-0.3, -0.25) is 4.79 Å². The van der Waals surface area contributed by atoms with Crippen LogP contribution in [0.5, 0.6) is 0 Å². The second-order valence-electron chi connectivity index (χ2n) is 9.05. The van der Waals surface area contributed by atoms with Crippen LogP contribution in [-0.2, 0) is 4.79 Å². The molecule has 1 saturated carbocycles. The molecule has 168 valence electrons. The molecule has 0 unspecified atom stereocenters. The van der Waals surface area contributed by atoms with Crippen LogP contribution in [0.4, 0.5) is 10.5 Å². The number of anilines is 1. The third kappa shape index (κ3) is 5.39. The minimum absolute atomic E-state index is 0.00308. The van der Waals surface area contributed by atoms with Gasteiger partial charge in [0, 0.05) is 37.9 Å². The molecule has 2 heterocycles. The standard InChI is InChI=1S/C24H33N3O4/c28-22-9-5-20(6-10-22)25-23(29)19-2-1-13-27(16-19)21-7-3-17(4-8-21)18-11-14-26(15-12-18)24(30)31/h3-4,7-8,11,19-20,22,28H,1-2,5-6,9-10,12-16H2,(H,25,29)(H,30,31)/t19-,20?,22?/m0/s1. The van der Waals surface area contributed by atoms with Gasteiger partial charge in [0.1, 0.15) is 0 Å². The van der Waals surface area contributed by atoms with Crippen molar-refractivity contribution in [2.75, 3.05) is 31.1 Å². The zero-order valence-corrected chi connectivity index (χ0v) is 18.0. The van der Waals surface area contributed by atoms with Crippen molar-refractivity contribution in [3.8, 4) is 0 Å². The van der Waals surface area contributed by atoms with Crippen molar-refractivity contribution in [1.82, 2.24) is 10.2 Å². The number of carbonyl (C=O) groups excluding carboxylic acids is 1. The highest BCUT2D eigenvalue weighted by Crippen LogP contribution is 2.28. The Hall–Kier alpha value is -2.54. The van der Waals surface area contributed by atoms with Crippen molar-refractivity contribution in [3.05, 3.63) is 35.9 Å². The molecule has 4 rings (SSSR count). The first kappa shape index (κ1) is 21.7. The molecular weight excluding hydrogens is 394 g/mol. The van der Waals surface area contributed by atoms with Crippen LogP contribution in [-0.4, -0.2) is 65.4 Å². The van der Waals surface area contributed by atoms with E-state index in [9.17, 15) is 14.7 Å². The zero-order valence-electron chi connectivity index (χ0n) is 18.0. The Kier molecular flexibility index (Phi) is 6.80. The zero-order chi connectivity index (χ0) is 21.8. The number of aliphatic hydroxyl groups is 1. The molecule has 2 aliphatic heterocycles. The second kappa shape index (κ2) is 9.73. The quantitative estimate of drug-likeness (QED) is 0.687. The second-order valence-corrected chi connectivity index (χ2v) is 9.05. The summed E-state index contributed by atoms with van der Waals surface area (Å²) in [6.45, 7) is 2.66. The Morgan fingerprint density at radius 3 is 2.39 bits per heavy atom. The van der Waals surface area contributed by atoms with Gasteiger partial charge in [-0.25, -0.2) is 4.79 Å². The van der Waals surface area contributed by atoms with Gasteiger partial charge in [0.05, 0.1) is 12.0 Å². The van der Waals surface area contributed by atoms with Gasteiger partial charge in [0.25, 0.3) is 0 Å². The molecule has 3 aliphatic rings. The van der Waals surface area contributed by atoms with Crippen LogP contribution in [0, 0.1) is 5.92 Å². The van der Waals surface area contributed by atoms with Crippen molar-refractivity contribution in [3.63, 3.8) is 0 Å². The monoisotopic (exact) mass is 427 g/mol. The van der Waals surface area contributed by atoms with Crippen LogP contribution in [0.3, 0.4) is 0 Å². The average Bonchev–Trinajstić information content (AvgIpc) is 2.81. The SMILES string of the molecule is O=C(NC1CCC(O)CC1)[C@H]1CCCN(c2ccc(C3=CCN(C(=O)O)CC3)cc2)C1. The predicted molar refractivity (Wildman–Crippen MR) is 120 cm³/mol. The van der Waals surface area contributed by atoms with Gasteiger partial charge in [0.2, 0.25) is 5.91 Å². The molecule has 1 aromatic rings. The summed E-state index contributed by atoms with van der Waals surface area (Å²) in [5.41, 5.74) is 3.46. The summed E-state index contributed by atoms with van der Waals surface area (Å²) in [7, 11) is 0. The van der Waals surface area contributed by atoms with E-state index in [1.165, 1.54) is 10.5 Å². The lowest BCUT2D eigenvalue weighted by Gasteiger charge is -2.35. The molecule has 0 radical (unpaired) electrons. The maximum atomic E-state index is 12.8. The number of hydrogen-bond donors (Lipinski definition) is 3. The third-order valence-corrected chi connectivity index (χ3v) is 6.92. The number of nitrogens with zero attached hydrogens (tertiary/aromatic N) is 2. The summed E-state index contributed by atoms with van der Waals surface area (Å²) in [6.07, 6.45) is 6.86. The maximum Gasteiger partial charge on any atom is 0.407 e. The van der Waals surface area contributed by atoms with Crippen LogP contribution in [0.2, 0.25) is 0 Å². The molecular formula is C24H33N3O4. The Bertz CT molecular complexity index is 815. The summed E-state index contributed by atoms with van der Waals surface area (Å²) in [6, 6.07) is 8.64. The van der Waals surface area contributed by atoms with Gasteiger partial charge in [-0.15, -0.1) is 0 Å². The van der Waals surface area contributed by atoms with E-state index in [4.69, 9.17) is 5.11 Å². The highest BCUT2D eigenvalue weighted by atomic mass is 16.4. The number of nitrogens with one attached hydrogen (secondary N) is 1. The first-order chi connectivity index (χ1) is 15.0. The van der Waals surface area contributed by atoms with E-state index in [-0.39, 0.29) is 24.0 Å². The predicted octanol–water partition coefficient (Wildman–Crippen LogP) is 3.09. The van der Waals surface area contributed by atoms with E-state index in [0.717, 1.165) is 69.3 Å². The van der Waals surface area contributed by atoms with E-state index in [2.05, 4.69) is 34.5 Å². The van der Waals surface area contributed by atoms with Crippen LogP contribution in [0.15, 0.2) is 30.3 Å². The Morgan fingerprint density at radius 2 is 1.74 bits per heavy atom. The molecule has 2 amide bonds. The number of amides is 2. The summed E-state index contributed by atoms with van der Waals surface area (Å²) < 4.78 is 0. The lowest BCUT2D eigenvalue weighted by molar-refractivity contribution is -0.126. The van der Waals surface area contributed by atoms with Crippen molar-refractivity contribution >= 4 is 23.3 Å². The summed E-state index contributed by atoms with van der Waals surface area (Å²) in [5, 5.41) is 22.0. The van der Waals surface area contributed by atoms with Crippen LogP contribution < -0.4 is 10.2 Å². The smallest absolute Gasteiger partial charge is 0.407 e. The van der Waals surface area contributed by atoms with E-state index >= 15 is 0 Å². The summed E-state index contributed by atoms with van der Waals surface area (Å²) >= 11 is 0. The fourth-order valence-electron chi connectivity index (χ4n) is 4.96. The first-order valence-corrected chi connectivity index (χ1v) is 11.5. The molecule has 31 heavy (non-hydrogen) atoms. The normalized spacial score (nSPS) is 26.9. The maximum absolute atomic E-state index is 12.8. The van der Waals surface area contributed by atoms with Crippen molar-refractivity contribution in [1.29, 1.82) is 0 Å². The molecule has 1 saturated heterocycles. The molecule has 0 bridgehead atoms. The Labute approximate surface area is 183 Å². The number of benzene rings is 1. The Morgan fingerprint density at radius 1 is 1.00 bits per heavy atom. The molecule has 1 atom stereocenters. The minimum Gasteiger partial charge on any atom is -0.465 e. The van der Waals surface area contributed by atoms with Gasteiger partial charge in [-0.05, 0) is 68.2 Å². The topological polar surface area (TPSA) is 93.1 Å². The molecule has 3 N–H and O–H groups in total. The number of rotatable bonds is 4. The molecule has 0 aromatic heterocycles. The number of aliphatic hydroxyl groups excluding tert-OH is 1. The molecule has 1 aromatic carbocycles. The van der Waals surface area contributed by atoms with Crippen molar-refractivity contribution < 1.29 is 19.8 Å². The van der Waals surface area contributed by atoms with E-state index in [1.807, 2.05) is 6.08 Å². The van der Waals surface area contributed by atoms with E-state index < -0.39 is 6.09 Å². The lowest BCUT2D eigenvalue weighted by atomic mass is 9.91. The highest BCUT2D eigenvalue weighted by Gasteiger charge is 2.29. The third-order valence-electron chi connectivity index (χ3n) is 6.92. The Balaban J connectivity index is 1.33. The molecule has 7 nitrogen and oxygen atoms in total. The van der Waals surface area contributed by atoms with Crippen LogP contribution in [0.1, 0.15) is 50.5 Å². The van der Waals surface area contributed by atoms with Gasteiger partial charge in [0.15, 0.2) is 0 Å². The number of piperidine rings is 1. The highest BCUT2D eigenvalue weighted by molar-refractivity contribution is 5.80. The van der Waals surface area contributed by atoms with Crippen molar-refractivity contribution in [2.45, 2.75) is 57.1 Å². The first-order valence-electron chi connectivity index (χ1n) is 11.5. The molecule has 2 fully saturated rings. The molecule has 0 spiro atoms. The van der Waals surface area contributed by atoms with Gasteiger partial charge < -0.3 is 25.3 Å².